The van der Waals surface area contributed by atoms with Crippen molar-refractivity contribution >= 4 is 5.91 Å². The summed E-state index contributed by atoms with van der Waals surface area (Å²) in [4.78, 5) is 11.5. The highest BCUT2D eigenvalue weighted by Crippen LogP contribution is 2.29. The largest absolute Gasteiger partial charge is 0.384 e. The van der Waals surface area contributed by atoms with E-state index in [2.05, 4.69) is 52.1 Å². The fraction of sp³-hybridized carbons (Fsp3) is 0.562. The van der Waals surface area contributed by atoms with Gasteiger partial charge in [-0.3, -0.25) is 4.79 Å². The summed E-state index contributed by atoms with van der Waals surface area (Å²) < 4.78 is 0. The monoisotopic (exact) mass is 263 g/mol. The highest BCUT2D eigenvalue weighted by molar-refractivity contribution is 5.80. The summed E-state index contributed by atoms with van der Waals surface area (Å²) in [6, 6.07) is 4.33. The Hall–Kier alpha value is -1.35. The van der Waals surface area contributed by atoms with Gasteiger partial charge in [0.1, 0.15) is 6.10 Å². The fourth-order valence-corrected chi connectivity index (χ4v) is 2.79. The van der Waals surface area contributed by atoms with E-state index in [1.807, 2.05) is 0 Å². The molecule has 0 bridgehead atoms. The Labute approximate surface area is 116 Å². The molecule has 3 nitrogen and oxygen atoms in total. The van der Waals surface area contributed by atoms with E-state index < -0.39 is 6.10 Å². The van der Waals surface area contributed by atoms with Crippen molar-refractivity contribution in [1.82, 2.24) is 5.32 Å². The second-order valence-electron chi connectivity index (χ2n) is 6.05. The smallest absolute Gasteiger partial charge is 0.248 e. The SMILES string of the molecule is Cc1cc(C)c(C(C)(C)CNC(=O)C(C)O)c(C)c1. The van der Waals surface area contributed by atoms with E-state index in [9.17, 15) is 9.90 Å². The minimum absolute atomic E-state index is 0.160. The molecule has 3 heteroatoms. The van der Waals surface area contributed by atoms with Crippen molar-refractivity contribution in [1.29, 1.82) is 0 Å². The standard InChI is InChI=1S/C16H25NO2/c1-10-7-11(2)14(12(3)8-10)16(5,6)9-17-15(19)13(4)18/h7-8,13,18H,9H2,1-6H3,(H,17,19). The minimum Gasteiger partial charge on any atom is -0.384 e. The minimum atomic E-state index is -0.962. The van der Waals surface area contributed by atoms with Crippen LogP contribution in [-0.4, -0.2) is 23.7 Å². The van der Waals surface area contributed by atoms with E-state index in [0.29, 0.717) is 6.54 Å². The van der Waals surface area contributed by atoms with Crippen LogP contribution in [0.4, 0.5) is 0 Å². The second kappa shape index (κ2) is 5.74. The fourth-order valence-electron chi connectivity index (χ4n) is 2.79. The predicted octanol–water partition coefficient (Wildman–Crippen LogP) is 2.39. The van der Waals surface area contributed by atoms with E-state index >= 15 is 0 Å². The Balaban J connectivity index is 2.97. The van der Waals surface area contributed by atoms with Crippen molar-refractivity contribution in [3.63, 3.8) is 0 Å². The molecule has 0 aliphatic carbocycles. The molecular formula is C16H25NO2. The lowest BCUT2D eigenvalue weighted by molar-refractivity contribution is -0.128. The molecule has 0 aliphatic heterocycles. The zero-order valence-electron chi connectivity index (χ0n) is 12.8. The molecule has 1 aromatic rings. The summed E-state index contributed by atoms with van der Waals surface area (Å²) in [6.45, 7) is 12.5. The van der Waals surface area contributed by atoms with Crippen LogP contribution in [-0.2, 0) is 10.2 Å². The van der Waals surface area contributed by atoms with Gasteiger partial charge in [0.2, 0.25) is 5.91 Å². The molecule has 0 saturated carbocycles. The molecule has 0 radical (unpaired) electrons. The van der Waals surface area contributed by atoms with Gasteiger partial charge in [-0.1, -0.05) is 31.5 Å². The number of rotatable bonds is 4. The molecule has 2 N–H and O–H groups in total. The van der Waals surface area contributed by atoms with Gasteiger partial charge in [0.05, 0.1) is 0 Å². The van der Waals surface area contributed by atoms with Gasteiger partial charge in [-0.15, -0.1) is 0 Å². The van der Waals surface area contributed by atoms with E-state index in [-0.39, 0.29) is 11.3 Å². The van der Waals surface area contributed by atoms with E-state index in [4.69, 9.17) is 0 Å². The van der Waals surface area contributed by atoms with Gasteiger partial charge < -0.3 is 10.4 Å². The number of hydrogen-bond acceptors (Lipinski definition) is 2. The zero-order valence-corrected chi connectivity index (χ0v) is 12.8. The average Bonchev–Trinajstić information content (AvgIpc) is 2.23. The van der Waals surface area contributed by atoms with Gasteiger partial charge in [-0.2, -0.15) is 0 Å². The van der Waals surface area contributed by atoms with E-state index in [1.54, 1.807) is 0 Å². The van der Waals surface area contributed by atoms with Crippen LogP contribution in [0, 0.1) is 20.8 Å². The molecule has 0 spiro atoms. The third-order valence-corrected chi connectivity index (χ3v) is 3.44. The van der Waals surface area contributed by atoms with Gasteiger partial charge in [0, 0.05) is 12.0 Å². The van der Waals surface area contributed by atoms with Gasteiger partial charge in [-0.05, 0) is 44.4 Å². The molecule has 1 rings (SSSR count). The Kier molecular flexibility index (Phi) is 4.75. The van der Waals surface area contributed by atoms with Crippen LogP contribution in [0.2, 0.25) is 0 Å². The molecule has 1 amide bonds. The number of benzene rings is 1. The molecule has 1 atom stereocenters. The van der Waals surface area contributed by atoms with Crippen molar-refractivity contribution in [3.8, 4) is 0 Å². The molecule has 1 aromatic carbocycles. The maximum absolute atomic E-state index is 11.5. The molecule has 0 heterocycles. The van der Waals surface area contributed by atoms with Gasteiger partial charge in [0.15, 0.2) is 0 Å². The number of aliphatic hydroxyl groups is 1. The van der Waals surface area contributed by atoms with Crippen molar-refractivity contribution in [2.24, 2.45) is 0 Å². The summed E-state index contributed by atoms with van der Waals surface area (Å²) in [6.07, 6.45) is -0.962. The molecule has 1 unspecified atom stereocenters. The van der Waals surface area contributed by atoms with Crippen molar-refractivity contribution in [2.75, 3.05) is 6.54 Å². The van der Waals surface area contributed by atoms with Crippen LogP contribution in [0.1, 0.15) is 43.0 Å². The van der Waals surface area contributed by atoms with Crippen LogP contribution in [0.15, 0.2) is 12.1 Å². The van der Waals surface area contributed by atoms with Crippen LogP contribution in [0.5, 0.6) is 0 Å². The molecule has 0 aromatic heterocycles. The predicted molar refractivity (Wildman–Crippen MR) is 78.4 cm³/mol. The highest BCUT2D eigenvalue weighted by atomic mass is 16.3. The zero-order chi connectivity index (χ0) is 14.8. The summed E-state index contributed by atoms with van der Waals surface area (Å²) in [5.74, 6) is -0.324. The first kappa shape index (κ1) is 15.7. The lowest BCUT2D eigenvalue weighted by Crippen LogP contribution is -2.41. The molecule has 106 valence electrons. The Bertz CT molecular complexity index is 453. The molecular weight excluding hydrogens is 238 g/mol. The van der Waals surface area contributed by atoms with E-state index in [1.165, 1.54) is 29.2 Å². The number of aliphatic hydroxyl groups excluding tert-OH is 1. The summed E-state index contributed by atoms with van der Waals surface area (Å²) in [5, 5.41) is 12.0. The van der Waals surface area contributed by atoms with Crippen LogP contribution >= 0.6 is 0 Å². The van der Waals surface area contributed by atoms with Crippen molar-refractivity contribution in [3.05, 3.63) is 34.4 Å². The number of nitrogens with one attached hydrogen (secondary N) is 1. The third-order valence-electron chi connectivity index (χ3n) is 3.44. The van der Waals surface area contributed by atoms with Gasteiger partial charge >= 0.3 is 0 Å². The van der Waals surface area contributed by atoms with Crippen LogP contribution < -0.4 is 5.32 Å². The van der Waals surface area contributed by atoms with Crippen molar-refractivity contribution < 1.29 is 9.90 Å². The lowest BCUT2D eigenvalue weighted by Gasteiger charge is -2.30. The lowest BCUT2D eigenvalue weighted by atomic mass is 9.78. The summed E-state index contributed by atoms with van der Waals surface area (Å²) >= 11 is 0. The quantitative estimate of drug-likeness (QED) is 0.876. The van der Waals surface area contributed by atoms with Gasteiger partial charge in [0.25, 0.3) is 0 Å². The summed E-state index contributed by atoms with van der Waals surface area (Å²) in [7, 11) is 0. The van der Waals surface area contributed by atoms with E-state index in [0.717, 1.165) is 0 Å². The van der Waals surface area contributed by atoms with Crippen LogP contribution in [0.25, 0.3) is 0 Å². The molecule has 0 fully saturated rings. The second-order valence-corrected chi connectivity index (χ2v) is 6.05. The maximum Gasteiger partial charge on any atom is 0.248 e. The average molecular weight is 263 g/mol. The number of carbonyl (C=O) groups is 1. The first-order chi connectivity index (χ1) is 8.65. The molecule has 0 saturated heterocycles. The number of amides is 1. The molecule has 0 aliphatic rings. The Morgan fingerprint density at radius 2 is 1.74 bits per heavy atom. The Morgan fingerprint density at radius 3 is 2.16 bits per heavy atom. The Morgan fingerprint density at radius 1 is 1.26 bits per heavy atom. The highest BCUT2D eigenvalue weighted by Gasteiger charge is 2.25. The third kappa shape index (κ3) is 3.80. The van der Waals surface area contributed by atoms with Crippen LogP contribution in [0.3, 0.4) is 0 Å². The number of hydrogen-bond donors (Lipinski definition) is 2. The normalized spacial score (nSPS) is 13.2. The maximum atomic E-state index is 11.5. The molecule has 19 heavy (non-hydrogen) atoms. The van der Waals surface area contributed by atoms with Crippen molar-refractivity contribution in [2.45, 2.75) is 53.1 Å². The topological polar surface area (TPSA) is 49.3 Å². The summed E-state index contributed by atoms with van der Waals surface area (Å²) in [5.41, 5.74) is 4.85. The number of aryl methyl sites for hydroxylation is 3. The van der Waals surface area contributed by atoms with Gasteiger partial charge in [-0.25, -0.2) is 0 Å². The first-order valence-electron chi connectivity index (χ1n) is 6.69. The first-order valence-corrected chi connectivity index (χ1v) is 6.69. The number of carbonyl (C=O) groups excluding carboxylic acids is 1.